The van der Waals surface area contributed by atoms with Gasteiger partial charge in [-0.25, -0.2) is 4.79 Å². The molecule has 0 aromatic heterocycles. The van der Waals surface area contributed by atoms with Crippen LogP contribution in [0.15, 0.2) is 0 Å². The Morgan fingerprint density at radius 1 is 1.10 bits per heavy atom. The van der Waals surface area contributed by atoms with Crippen LogP contribution in [-0.2, 0) is 4.74 Å². The second-order valence-corrected chi connectivity index (χ2v) is 6.51. The van der Waals surface area contributed by atoms with Crippen molar-refractivity contribution in [3.8, 4) is 0 Å². The fourth-order valence-electron chi connectivity index (χ4n) is 2.36. The van der Waals surface area contributed by atoms with Crippen molar-refractivity contribution in [3.63, 3.8) is 0 Å². The molecule has 0 radical (unpaired) electrons. The summed E-state index contributed by atoms with van der Waals surface area (Å²) in [4.78, 5) is 16.3. The average Bonchev–Trinajstić information content (AvgIpc) is 2.58. The van der Waals surface area contributed by atoms with E-state index in [1.807, 2.05) is 25.7 Å². The topological polar surface area (TPSA) is 58.8 Å². The normalized spacial score (nSPS) is 17.9. The Bertz CT molecular complexity index is 289. The first-order chi connectivity index (χ1) is 9.42. The summed E-state index contributed by atoms with van der Waals surface area (Å²) >= 11 is 0. The summed E-state index contributed by atoms with van der Waals surface area (Å²) in [5.74, 6) is 0. The highest BCUT2D eigenvalue weighted by atomic mass is 16.6. The van der Waals surface area contributed by atoms with E-state index >= 15 is 0 Å². The predicted octanol–water partition coefficient (Wildman–Crippen LogP) is 2.06. The first kappa shape index (κ1) is 17.2. The summed E-state index contributed by atoms with van der Waals surface area (Å²) in [5, 5.41) is 0. The van der Waals surface area contributed by atoms with Gasteiger partial charge in [0.05, 0.1) is 0 Å². The quantitative estimate of drug-likeness (QED) is 0.786. The Hall–Kier alpha value is -0.810. The van der Waals surface area contributed by atoms with Crippen LogP contribution >= 0.6 is 0 Å². The maximum Gasteiger partial charge on any atom is 0.410 e. The van der Waals surface area contributed by atoms with E-state index in [0.29, 0.717) is 0 Å². The van der Waals surface area contributed by atoms with Gasteiger partial charge in [0, 0.05) is 19.6 Å². The first-order valence-corrected chi connectivity index (χ1v) is 7.83. The monoisotopic (exact) mass is 285 g/mol. The van der Waals surface area contributed by atoms with Crippen LogP contribution in [0.25, 0.3) is 0 Å². The van der Waals surface area contributed by atoms with Crippen LogP contribution in [0.2, 0.25) is 0 Å². The predicted molar refractivity (Wildman–Crippen MR) is 81.8 cm³/mol. The molecule has 1 fully saturated rings. The number of carbonyl (C=O) groups excluding carboxylic acids is 1. The zero-order valence-electron chi connectivity index (χ0n) is 13.4. The molecule has 1 rings (SSSR count). The zero-order valence-corrected chi connectivity index (χ0v) is 13.4. The number of hydrogen-bond acceptors (Lipinski definition) is 4. The van der Waals surface area contributed by atoms with Gasteiger partial charge < -0.3 is 20.3 Å². The van der Waals surface area contributed by atoms with Crippen molar-refractivity contribution in [1.29, 1.82) is 0 Å². The number of nitrogens with zero attached hydrogens (tertiary/aromatic N) is 2. The van der Waals surface area contributed by atoms with Crippen LogP contribution in [-0.4, -0.2) is 60.8 Å². The molecule has 118 valence electrons. The lowest BCUT2D eigenvalue weighted by Crippen LogP contribution is -2.39. The second-order valence-electron chi connectivity index (χ2n) is 6.51. The molecule has 0 aliphatic carbocycles. The Kier molecular flexibility index (Phi) is 7.30. The van der Waals surface area contributed by atoms with Crippen molar-refractivity contribution in [3.05, 3.63) is 0 Å². The van der Waals surface area contributed by atoms with Crippen molar-refractivity contribution in [2.24, 2.45) is 5.73 Å². The van der Waals surface area contributed by atoms with Gasteiger partial charge in [-0.05, 0) is 59.7 Å². The number of amides is 1. The molecule has 0 aromatic carbocycles. The number of unbranched alkanes of at least 4 members (excludes halogenated alkanes) is 2. The maximum atomic E-state index is 12.0. The third-order valence-corrected chi connectivity index (χ3v) is 3.42. The van der Waals surface area contributed by atoms with Gasteiger partial charge in [0.25, 0.3) is 0 Å². The molecule has 2 N–H and O–H groups in total. The highest BCUT2D eigenvalue weighted by Crippen LogP contribution is 2.12. The summed E-state index contributed by atoms with van der Waals surface area (Å²) in [5.41, 5.74) is 5.09. The highest BCUT2D eigenvalue weighted by Gasteiger charge is 2.24. The Morgan fingerprint density at radius 2 is 1.85 bits per heavy atom. The van der Waals surface area contributed by atoms with Crippen LogP contribution in [0, 0.1) is 0 Å². The Labute approximate surface area is 123 Å². The third-order valence-electron chi connectivity index (χ3n) is 3.42. The van der Waals surface area contributed by atoms with Crippen LogP contribution in [0.3, 0.4) is 0 Å². The number of carbonyl (C=O) groups is 1. The Morgan fingerprint density at radius 3 is 2.50 bits per heavy atom. The number of rotatable bonds is 5. The van der Waals surface area contributed by atoms with Crippen molar-refractivity contribution < 1.29 is 9.53 Å². The number of ether oxygens (including phenoxy) is 1. The fraction of sp³-hybridized carbons (Fsp3) is 0.933. The average molecular weight is 285 g/mol. The van der Waals surface area contributed by atoms with Crippen molar-refractivity contribution in [1.82, 2.24) is 9.80 Å². The molecule has 1 aliphatic rings. The largest absolute Gasteiger partial charge is 0.444 e. The molecule has 0 spiro atoms. The van der Waals surface area contributed by atoms with Gasteiger partial charge in [-0.15, -0.1) is 0 Å². The van der Waals surface area contributed by atoms with Crippen LogP contribution in [0.1, 0.15) is 46.5 Å². The molecule has 0 unspecified atom stereocenters. The smallest absolute Gasteiger partial charge is 0.410 e. The van der Waals surface area contributed by atoms with E-state index in [1.54, 1.807) is 0 Å². The highest BCUT2D eigenvalue weighted by molar-refractivity contribution is 5.68. The van der Waals surface area contributed by atoms with Crippen LogP contribution < -0.4 is 5.73 Å². The minimum atomic E-state index is -0.411. The molecule has 1 aliphatic heterocycles. The lowest BCUT2D eigenvalue weighted by molar-refractivity contribution is 0.0257. The van der Waals surface area contributed by atoms with Crippen LogP contribution in [0.5, 0.6) is 0 Å². The van der Waals surface area contributed by atoms with Crippen molar-refractivity contribution in [2.45, 2.75) is 52.1 Å². The molecular formula is C15H31N3O2. The van der Waals surface area contributed by atoms with E-state index in [0.717, 1.165) is 52.1 Å². The molecule has 0 aromatic rings. The SMILES string of the molecule is CC(C)(C)OC(=O)N1CCCN(CCCCCN)CC1. The molecule has 5 nitrogen and oxygen atoms in total. The van der Waals surface area contributed by atoms with Crippen molar-refractivity contribution in [2.75, 3.05) is 39.3 Å². The van der Waals surface area contributed by atoms with E-state index in [4.69, 9.17) is 10.5 Å². The summed E-state index contributed by atoms with van der Waals surface area (Å²) in [6, 6.07) is 0. The third kappa shape index (κ3) is 7.10. The molecule has 5 heteroatoms. The second kappa shape index (κ2) is 8.47. The van der Waals surface area contributed by atoms with E-state index in [9.17, 15) is 4.79 Å². The van der Waals surface area contributed by atoms with Gasteiger partial charge in [-0.3, -0.25) is 0 Å². The molecule has 1 saturated heterocycles. The zero-order chi connectivity index (χ0) is 15.0. The minimum absolute atomic E-state index is 0.178. The molecule has 0 atom stereocenters. The maximum absolute atomic E-state index is 12.0. The van der Waals surface area contributed by atoms with Crippen molar-refractivity contribution >= 4 is 6.09 Å². The Balaban J connectivity index is 2.30. The fourth-order valence-corrected chi connectivity index (χ4v) is 2.36. The molecule has 20 heavy (non-hydrogen) atoms. The minimum Gasteiger partial charge on any atom is -0.444 e. The van der Waals surface area contributed by atoms with Gasteiger partial charge in [0.1, 0.15) is 5.60 Å². The van der Waals surface area contributed by atoms with Gasteiger partial charge >= 0.3 is 6.09 Å². The summed E-state index contributed by atoms with van der Waals surface area (Å²) in [6.45, 7) is 11.2. The number of hydrogen-bond donors (Lipinski definition) is 1. The molecule has 0 saturated carbocycles. The molecule has 1 heterocycles. The summed E-state index contributed by atoms with van der Waals surface area (Å²) in [6.07, 6.45) is 4.35. The van der Waals surface area contributed by atoms with Gasteiger partial charge in [0.2, 0.25) is 0 Å². The van der Waals surface area contributed by atoms with E-state index < -0.39 is 5.60 Å². The first-order valence-electron chi connectivity index (χ1n) is 7.83. The summed E-state index contributed by atoms with van der Waals surface area (Å²) in [7, 11) is 0. The lowest BCUT2D eigenvalue weighted by atomic mass is 10.2. The summed E-state index contributed by atoms with van der Waals surface area (Å²) < 4.78 is 5.44. The molecular weight excluding hydrogens is 254 g/mol. The van der Waals surface area contributed by atoms with Gasteiger partial charge in [-0.2, -0.15) is 0 Å². The van der Waals surface area contributed by atoms with E-state index in [2.05, 4.69) is 4.90 Å². The van der Waals surface area contributed by atoms with Gasteiger partial charge in [0.15, 0.2) is 0 Å². The molecule has 0 bridgehead atoms. The van der Waals surface area contributed by atoms with Crippen LogP contribution in [0.4, 0.5) is 4.79 Å². The standard InChI is InChI=1S/C15H31N3O2/c1-15(2,3)20-14(19)18-11-7-10-17(12-13-18)9-6-4-5-8-16/h4-13,16H2,1-3H3. The van der Waals surface area contributed by atoms with E-state index in [-0.39, 0.29) is 6.09 Å². The van der Waals surface area contributed by atoms with E-state index in [1.165, 1.54) is 12.8 Å². The molecule has 1 amide bonds. The van der Waals surface area contributed by atoms with Gasteiger partial charge in [-0.1, -0.05) is 6.42 Å². The lowest BCUT2D eigenvalue weighted by Gasteiger charge is -2.26. The number of nitrogens with two attached hydrogens (primary N) is 1.